The molecule has 168 valence electrons. The SMILES string of the molecule is CCN1CCN(c2ccc(F)cc2C(C)NC(=O)CN(C)C(=O)OC(C)(C)C)CC1. The number of carbonyl (C=O) groups excluding carboxylic acids is 2. The molecule has 0 bridgehead atoms. The summed E-state index contributed by atoms with van der Waals surface area (Å²) in [4.78, 5) is 30.4. The zero-order valence-corrected chi connectivity index (χ0v) is 19.0. The van der Waals surface area contributed by atoms with E-state index < -0.39 is 17.7 Å². The van der Waals surface area contributed by atoms with Crippen LogP contribution in [0.5, 0.6) is 0 Å². The van der Waals surface area contributed by atoms with Gasteiger partial charge >= 0.3 is 6.09 Å². The topological polar surface area (TPSA) is 65.1 Å². The van der Waals surface area contributed by atoms with Crippen molar-refractivity contribution in [3.8, 4) is 0 Å². The number of nitrogens with one attached hydrogen (secondary N) is 1. The number of hydrogen-bond donors (Lipinski definition) is 1. The highest BCUT2D eigenvalue weighted by molar-refractivity contribution is 5.82. The molecule has 1 atom stereocenters. The molecule has 7 nitrogen and oxygen atoms in total. The van der Waals surface area contributed by atoms with Gasteiger partial charge in [0, 0.05) is 44.5 Å². The number of piperazine rings is 1. The molecule has 8 heteroatoms. The van der Waals surface area contributed by atoms with Gasteiger partial charge < -0.3 is 24.8 Å². The van der Waals surface area contributed by atoms with Crippen LogP contribution in [-0.4, -0.2) is 73.7 Å². The minimum Gasteiger partial charge on any atom is -0.444 e. The van der Waals surface area contributed by atoms with Crippen LogP contribution in [0, 0.1) is 5.82 Å². The van der Waals surface area contributed by atoms with Gasteiger partial charge in [0.1, 0.15) is 18.0 Å². The van der Waals surface area contributed by atoms with Crippen LogP contribution in [-0.2, 0) is 9.53 Å². The Bertz CT molecular complexity index is 742. The van der Waals surface area contributed by atoms with Crippen molar-refractivity contribution < 1.29 is 18.7 Å². The number of anilines is 1. The first-order valence-corrected chi connectivity index (χ1v) is 10.5. The van der Waals surface area contributed by atoms with Gasteiger partial charge in [0.2, 0.25) is 5.91 Å². The van der Waals surface area contributed by atoms with Crippen LogP contribution in [0.2, 0.25) is 0 Å². The van der Waals surface area contributed by atoms with Crippen LogP contribution >= 0.6 is 0 Å². The summed E-state index contributed by atoms with van der Waals surface area (Å²) < 4.78 is 19.3. The van der Waals surface area contributed by atoms with Crippen molar-refractivity contribution in [2.45, 2.75) is 46.3 Å². The first-order valence-electron chi connectivity index (χ1n) is 10.5. The molecule has 1 aromatic carbocycles. The Morgan fingerprint density at radius 3 is 2.43 bits per heavy atom. The summed E-state index contributed by atoms with van der Waals surface area (Å²) >= 11 is 0. The average Bonchev–Trinajstić information content (AvgIpc) is 2.66. The number of rotatable bonds is 6. The van der Waals surface area contributed by atoms with Crippen LogP contribution in [0.15, 0.2) is 18.2 Å². The second-order valence-corrected chi connectivity index (χ2v) is 8.75. The lowest BCUT2D eigenvalue weighted by atomic mass is 10.0. The van der Waals surface area contributed by atoms with Gasteiger partial charge in [0.25, 0.3) is 0 Å². The third kappa shape index (κ3) is 6.86. The Hall–Kier alpha value is -2.35. The fraction of sp³-hybridized carbons (Fsp3) is 0.636. The minimum absolute atomic E-state index is 0.140. The van der Waals surface area contributed by atoms with E-state index in [4.69, 9.17) is 4.74 Å². The van der Waals surface area contributed by atoms with E-state index in [-0.39, 0.29) is 18.3 Å². The standard InChI is InChI=1S/C22H35FN4O3/c1-7-26-10-12-27(13-11-26)19-9-8-17(23)14-18(19)16(2)24-20(28)15-25(6)21(29)30-22(3,4)5/h8-9,14,16H,7,10-13,15H2,1-6H3,(H,24,28). The molecule has 30 heavy (non-hydrogen) atoms. The molecule has 2 rings (SSSR count). The van der Waals surface area contributed by atoms with E-state index in [0.29, 0.717) is 0 Å². The first kappa shape index (κ1) is 23.9. The molecule has 1 aliphatic rings. The smallest absolute Gasteiger partial charge is 0.410 e. The van der Waals surface area contributed by atoms with Gasteiger partial charge in [-0.25, -0.2) is 9.18 Å². The summed E-state index contributed by atoms with van der Waals surface area (Å²) in [7, 11) is 1.51. The number of nitrogens with zero attached hydrogens (tertiary/aromatic N) is 3. The summed E-state index contributed by atoms with van der Waals surface area (Å²) in [5.74, 6) is -0.671. The number of benzene rings is 1. The molecule has 0 radical (unpaired) electrons. The number of carbonyl (C=O) groups is 2. The second kappa shape index (κ2) is 10.1. The highest BCUT2D eigenvalue weighted by Crippen LogP contribution is 2.28. The van der Waals surface area contributed by atoms with Crippen LogP contribution < -0.4 is 10.2 Å². The number of hydrogen-bond acceptors (Lipinski definition) is 5. The Balaban J connectivity index is 2.04. The van der Waals surface area contributed by atoms with Crippen molar-refractivity contribution >= 4 is 17.7 Å². The van der Waals surface area contributed by atoms with Crippen molar-refractivity contribution in [3.05, 3.63) is 29.6 Å². The van der Waals surface area contributed by atoms with Crippen LogP contribution in [0.25, 0.3) is 0 Å². The number of likely N-dealkylation sites (N-methyl/N-ethyl adjacent to an activating group) is 2. The molecule has 1 saturated heterocycles. The molecule has 0 spiro atoms. The van der Waals surface area contributed by atoms with Gasteiger partial charge in [-0.15, -0.1) is 0 Å². The van der Waals surface area contributed by atoms with Crippen molar-refractivity contribution in [1.29, 1.82) is 0 Å². The van der Waals surface area contributed by atoms with Gasteiger partial charge in [-0.05, 0) is 52.4 Å². The number of ether oxygens (including phenoxy) is 1. The van der Waals surface area contributed by atoms with Gasteiger partial charge in [0.05, 0.1) is 6.04 Å². The first-order chi connectivity index (χ1) is 14.0. The maximum atomic E-state index is 14.0. The van der Waals surface area contributed by atoms with E-state index in [1.54, 1.807) is 26.8 Å². The van der Waals surface area contributed by atoms with E-state index >= 15 is 0 Å². The highest BCUT2D eigenvalue weighted by Gasteiger charge is 2.24. The summed E-state index contributed by atoms with van der Waals surface area (Å²) in [6.45, 7) is 13.8. The van der Waals surface area contributed by atoms with E-state index in [9.17, 15) is 14.0 Å². The molecular formula is C22H35FN4O3. The van der Waals surface area contributed by atoms with E-state index in [1.165, 1.54) is 24.1 Å². The highest BCUT2D eigenvalue weighted by atomic mass is 19.1. The maximum Gasteiger partial charge on any atom is 0.410 e. The van der Waals surface area contributed by atoms with Crippen molar-refractivity contribution in [2.75, 3.05) is 51.2 Å². The van der Waals surface area contributed by atoms with Crippen molar-refractivity contribution in [1.82, 2.24) is 15.1 Å². The number of halogens is 1. The van der Waals surface area contributed by atoms with E-state index in [0.717, 1.165) is 44.0 Å². The van der Waals surface area contributed by atoms with Crippen LogP contribution in [0.3, 0.4) is 0 Å². The Morgan fingerprint density at radius 2 is 1.87 bits per heavy atom. The third-order valence-corrected chi connectivity index (χ3v) is 5.08. The van der Waals surface area contributed by atoms with E-state index in [1.807, 2.05) is 6.92 Å². The van der Waals surface area contributed by atoms with Crippen molar-refractivity contribution in [2.24, 2.45) is 0 Å². The van der Waals surface area contributed by atoms with Gasteiger partial charge in [0.15, 0.2) is 0 Å². The monoisotopic (exact) mass is 422 g/mol. The average molecular weight is 423 g/mol. The quantitative estimate of drug-likeness (QED) is 0.764. The maximum absolute atomic E-state index is 14.0. The van der Waals surface area contributed by atoms with Crippen molar-refractivity contribution in [3.63, 3.8) is 0 Å². The van der Waals surface area contributed by atoms with Crippen LogP contribution in [0.1, 0.15) is 46.2 Å². The molecule has 1 aliphatic heterocycles. The van der Waals surface area contributed by atoms with Gasteiger partial charge in [-0.2, -0.15) is 0 Å². The summed E-state index contributed by atoms with van der Waals surface area (Å²) in [5.41, 5.74) is 1.03. The lowest BCUT2D eigenvalue weighted by Crippen LogP contribution is -2.47. The fourth-order valence-corrected chi connectivity index (χ4v) is 3.45. The zero-order valence-electron chi connectivity index (χ0n) is 19.0. The Kier molecular flexibility index (Phi) is 8.06. The summed E-state index contributed by atoms with van der Waals surface area (Å²) in [5, 5.41) is 2.88. The molecular weight excluding hydrogens is 387 g/mol. The van der Waals surface area contributed by atoms with Crippen LogP contribution in [0.4, 0.5) is 14.9 Å². The normalized spacial score (nSPS) is 16.2. The lowest BCUT2D eigenvalue weighted by molar-refractivity contribution is -0.122. The molecule has 0 aromatic heterocycles. The summed E-state index contributed by atoms with van der Waals surface area (Å²) in [6.07, 6.45) is -0.564. The Morgan fingerprint density at radius 1 is 1.23 bits per heavy atom. The molecule has 0 saturated carbocycles. The largest absolute Gasteiger partial charge is 0.444 e. The molecule has 1 heterocycles. The second-order valence-electron chi connectivity index (χ2n) is 8.75. The zero-order chi connectivity index (χ0) is 22.5. The molecule has 1 aromatic rings. The minimum atomic E-state index is -0.632. The molecule has 2 amide bonds. The predicted octanol–water partition coefficient (Wildman–Crippen LogP) is 3.01. The lowest BCUT2D eigenvalue weighted by Gasteiger charge is -2.37. The molecule has 1 fully saturated rings. The third-order valence-electron chi connectivity index (χ3n) is 5.08. The Labute approximate surface area is 179 Å². The number of amides is 2. The fourth-order valence-electron chi connectivity index (χ4n) is 3.45. The molecule has 1 N–H and O–H groups in total. The summed E-state index contributed by atoms with van der Waals surface area (Å²) in [6, 6.07) is 4.31. The molecule has 1 unspecified atom stereocenters. The van der Waals surface area contributed by atoms with E-state index in [2.05, 4.69) is 22.0 Å². The van der Waals surface area contributed by atoms with Gasteiger partial charge in [-0.3, -0.25) is 4.79 Å². The molecule has 0 aliphatic carbocycles. The predicted molar refractivity (Wildman–Crippen MR) is 116 cm³/mol. The van der Waals surface area contributed by atoms with Gasteiger partial charge in [-0.1, -0.05) is 6.92 Å².